The van der Waals surface area contributed by atoms with E-state index in [0.29, 0.717) is 11.1 Å². The zero-order valence-electron chi connectivity index (χ0n) is 18.0. The smallest absolute Gasteiger partial charge is 0.262 e. The summed E-state index contributed by atoms with van der Waals surface area (Å²) in [4.78, 5) is 14.7. The fourth-order valence-corrected chi connectivity index (χ4v) is 5.32. The molecule has 1 aromatic heterocycles. The van der Waals surface area contributed by atoms with Gasteiger partial charge in [0.15, 0.2) is 5.13 Å². The Balaban J connectivity index is 0.00000141. The van der Waals surface area contributed by atoms with Crippen LogP contribution in [0.5, 0.6) is 0 Å². The van der Waals surface area contributed by atoms with Gasteiger partial charge in [-0.15, -0.1) is 11.3 Å². The molecule has 0 aliphatic rings. The maximum atomic E-state index is 13.2. The number of hydrogen-bond acceptors (Lipinski definition) is 7. The van der Waals surface area contributed by atoms with Crippen LogP contribution in [-0.4, -0.2) is 41.3 Å². The third-order valence-corrected chi connectivity index (χ3v) is 7.06. The molecule has 4 rings (SSSR count). The van der Waals surface area contributed by atoms with Crippen LogP contribution in [0.1, 0.15) is 0 Å². The summed E-state index contributed by atoms with van der Waals surface area (Å²) in [7, 11) is 1.92. The van der Waals surface area contributed by atoms with Crippen LogP contribution in [0.4, 0.5) is 16.5 Å². The molecule has 0 aliphatic carbocycles. The number of aromatic nitrogens is 1. The Labute approximate surface area is 191 Å². The van der Waals surface area contributed by atoms with Gasteiger partial charge in [-0.25, -0.2) is 13.4 Å². The number of anilines is 3. The average Bonchev–Trinajstić information content (AvgIpc) is 3.29. The summed E-state index contributed by atoms with van der Waals surface area (Å²) in [6.07, 6.45) is 0. The lowest BCUT2D eigenvalue weighted by atomic mass is 10.1. The molecular formula is C23H24N4O3S2. The van der Waals surface area contributed by atoms with Gasteiger partial charge in [0.1, 0.15) is 6.79 Å². The Morgan fingerprint density at radius 3 is 2.34 bits per heavy atom. The number of nitrogens with one attached hydrogen (secondary N) is 2. The molecule has 0 radical (unpaired) electrons. The van der Waals surface area contributed by atoms with Crippen molar-refractivity contribution in [3.05, 3.63) is 66.0 Å². The van der Waals surface area contributed by atoms with Gasteiger partial charge in [-0.1, -0.05) is 36.4 Å². The van der Waals surface area contributed by atoms with Gasteiger partial charge in [0.2, 0.25) is 0 Å². The lowest BCUT2D eigenvalue weighted by Gasteiger charge is -2.17. The predicted molar refractivity (Wildman–Crippen MR) is 133 cm³/mol. The van der Waals surface area contributed by atoms with E-state index in [0.717, 1.165) is 27.5 Å². The van der Waals surface area contributed by atoms with Crippen molar-refractivity contribution in [3.63, 3.8) is 0 Å². The first-order chi connectivity index (χ1) is 15.4. The van der Waals surface area contributed by atoms with E-state index in [1.807, 2.05) is 74.6 Å². The number of nitrogens with zero attached hydrogens (tertiary/aromatic N) is 2. The predicted octanol–water partition coefficient (Wildman–Crippen LogP) is 4.69. The summed E-state index contributed by atoms with van der Waals surface area (Å²) >= 11 is 1.50. The minimum atomic E-state index is -3.78. The summed E-state index contributed by atoms with van der Waals surface area (Å²) in [6, 6.07) is 18.3. The van der Waals surface area contributed by atoms with Crippen molar-refractivity contribution in [2.75, 3.05) is 36.1 Å². The van der Waals surface area contributed by atoms with Crippen LogP contribution in [0, 0.1) is 0 Å². The van der Waals surface area contributed by atoms with Gasteiger partial charge in [-0.3, -0.25) is 4.72 Å². The zero-order chi connectivity index (χ0) is 23.3. The standard InChI is InChI=1S/C22H22N4O2S2.CH2O/c1-23-22-24-19(14-29-22)15-7-4-8-16(13-15)25-30(27,28)21-12-6-9-17-18(21)10-5-11-20(17)26(2)3;1-2/h4-14,25H,1-3H3,(H,23,24);1H2. The van der Waals surface area contributed by atoms with Gasteiger partial charge < -0.3 is 15.0 Å². The fourth-order valence-electron chi connectivity index (χ4n) is 3.36. The molecule has 0 saturated heterocycles. The highest BCUT2D eigenvalue weighted by atomic mass is 32.2. The molecule has 0 saturated carbocycles. The number of thiazole rings is 1. The van der Waals surface area contributed by atoms with E-state index in [4.69, 9.17) is 4.79 Å². The molecular weight excluding hydrogens is 444 g/mol. The average molecular weight is 469 g/mol. The van der Waals surface area contributed by atoms with Crippen molar-refractivity contribution >= 4 is 55.4 Å². The quantitative estimate of drug-likeness (QED) is 0.427. The Morgan fingerprint density at radius 2 is 1.66 bits per heavy atom. The molecule has 0 atom stereocenters. The molecule has 9 heteroatoms. The van der Waals surface area contributed by atoms with Crippen molar-refractivity contribution < 1.29 is 13.2 Å². The highest BCUT2D eigenvalue weighted by molar-refractivity contribution is 7.93. The molecule has 0 bridgehead atoms. The van der Waals surface area contributed by atoms with Crippen molar-refractivity contribution in [1.82, 2.24) is 4.98 Å². The second-order valence-electron chi connectivity index (χ2n) is 7.00. The van der Waals surface area contributed by atoms with Gasteiger partial charge in [-0.05, 0) is 24.3 Å². The van der Waals surface area contributed by atoms with Gasteiger partial charge in [0.25, 0.3) is 10.0 Å². The van der Waals surface area contributed by atoms with Crippen LogP contribution in [0.3, 0.4) is 0 Å². The van der Waals surface area contributed by atoms with E-state index in [1.54, 1.807) is 24.3 Å². The largest absolute Gasteiger partial charge is 0.377 e. The molecule has 1 heterocycles. The summed E-state index contributed by atoms with van der Waals surface area (Å²) < 4.78 is 29.2. The van der Waals surface area contributed by atoms with Crippen LogP contribution in [0.15, 0.2) is 70.9 Å². The molecule has 2 N–H and O–H groups in total. The number of carbonyl (C=O) groups excluding carboxylic acids is 1. The second kappa shape index (κ2) is 9.80. The van der Waals surface area contributed by atoms with Gasteiger partial charge in [0.05, 0.1) is 10.6 Å². The van der Waals surface area contributed by atoms with Crippen molar-refractivity contribution in [3.8, 4) is 11.3 Å². The highest BCUT2D eigenvalue weighted by Crippen LogP contribution is 2.32. The monoisotopic (exact) mass is 468 g/mol. The van der Waals surface area contributed by atoms with E-state index in [2.05, 4.69) is 15.0 Å². The molecule has 0 amide bonds. The van der Waals surface area contributed by atoms with Gasteiger partial charge in [-0.2, -0.15) is 0 Å². The Bertz CT molecular complexity index is 1330. The number of sulfonamides is 1. The summed E-state index contributed by atoms with van der Waals surface area (Å²) in [6.45, 7) is 2.00. The number of fused-ring (bicyclic) bond motifs is 1. The van der Waals surface area contributed by atoms with Crippen LogP contribution < -0.4 is 14.9 Å². The molecule has 0 fully saturated rings. The minimum Gasteiger partial charge on any atom is -0.377 e. The SMILES string of the molecule is C=O.CNc1nc(-c2cccc(NS(=O)(=O)c3cccc4c(N(C)C)cccc34)c2)cs1. The number of hydrogen-bond donors (Lipinski definition) is 2. The van der Waals surface area contributed by atoms with Crippen molar-refractivity contribution in [2.24, 2.45) is 0 Å². The third kappa shape index (κ3) is 4.74. The molecule has 0 spiro atoms. The van der Waals surface area contributed by atoms with Crippen molar-refractivity contribution in [2.45, 2.75) is 4.90 Å². The van der Waals surface area contributed by atoms with Gasteiger partial charge >= 0.3 is 0 Å². The first kappa shape index (κ1) is 23.2. The highest BCUT2D eigenvalue weighted by Gasteiger charge is 2.19. The van der Waals surface area contributed by atoms with Gasteiger partial charge in [0, 0.05) is 54.2 Å². The summed E-state index contributed by atoms with van der Waals surface area (Å²) in [5.74, 6) is 0. The molecule has 4 aromatic rings. The molecule has 3 aromatic carbocycles. The van der Waals surface area contributed by atoms with Crippen LogP contribution in [0.25, 0.3) is 22.0 Å². The lowest BCUT2D eigenvalue weighted by Crippen LogP contribution is -2.14. The Kier molecular flexibility index (Phi) is 7.12. The summed E-state index contributed by atoms with van der Waals surface area (Å²) in [5.41, 5.74) is 3.11. The fraction of sp³-hybridized carbons (Fsp3) is 0.130. The Hall–Kier alpha value is -3.43. The van der Waals surface area contributed by atoms with E-state index in [9.17, 15) is 8.42 Å². The zero-order valence-corrected chi connectivity index (χ0v) is 19.6. The van der Waals surface area contributed by atoms with Crippen LogP contribution in [0.2, 0.25) is 0 Å². The number of benzene rings is 3. The Morgan fingerprint density at radius 1 is 0.969 bits per heavy atom. The van der Waals surface area contributed by atoms with E-state index in [-0.39, 0.29) is 4.90 Å². The summed E-state index contributed by atoms with van der Waals surface area (Å²) in [5, 5.41) is 7.34. The van der Waals surface area contributed by atoms with Crippen LogP contribution in [-0.2, 0) is 14.8 Å². The molecule has 166 valence electrons. The molecule has 0 unspecified atom stereocenters. The molecule has 0 aliphatic heterocycles. The van der Waals surface area contributed by atoms with E-state index >= 15 is 0 Å². The lowest BCUT2D eigenvalue weighted by molar-refractivity contribution is -0.0979. The molecule has 32 heavy (non-hydrogen) atoms. The minimum absolute atomic E-state index is 0.250. The maximum absolute atomic E-state index is 13.2. The number of carbonyl (C=O) groups is 1. The first-order valence-electron chi connectivity index (χ1n) is 9.63. The topological polar surface area (TPSA) is 91.4 Å². The number of rotatable bonds is 6. The molecule has 7 nitrogen and oxygen atoms in total. The van der Waals surface area contributed by atoms with Crippen molar-refractivity contribution in [1.29, 1.82) is 0 Å². The third-order valence-electron chi connectivity index (χ3n) is 4.76. The second-order valence-corrected chi connectivity index (χ2v) is 9.51. The maximum Gasteiger partial charge on any atom is 0.262 e. The van der Waals surface area contributed by atoms with E-state index < -0.39 is 10.0 Å². The normalized spacial score (nSPS) is 10.8. The van der Waals surface area contributed by atoms with E-state index in [1.165, 1.54) is 11.3 Å². The van der Waals surface area contributed by atoms with Crippen LogP contribution >= 0.6 is 11.3 Å². The first-order valence-corrected chi connectivity index (χ1v) is 12.0.